The Morgan fingerprint density at radius 2 is 1.93 bits per heavy atom. The number of rotatable bonds is 4. The van der Waals surface area contributed by atoms with Gasteiger partial charge in [-0.2, -0.15) is 0 Å². The number of ether oxygens (including phenoxy) is 1. The highest BCUT2D eigenvalue weighted by Gasteiger charge is 2.38. The normalized spacial score (nSPS) is 18.6. The molecule has 30 heavy (non-hydrogen) atoms. The van der Waals surface area contributed by atoms with Crippen LogP contribution < -0.4 is 15.4 Å². The van der Waals surface area contributed by atoms with E-state index in [4.69, 9.17) is 4.74 Å². The monoisotopic (exact) mass is 403 g/mol. The van der Waals surface area contributed by atoms with E-state index in [1.54, 1.807) is 13.3 Å². The molecule has 0 saturated carbocycles. The maximum Gasteiger partial charge on any atom is 0.255 e. The van der Waals surface area contributed by atoms with Crippen LogP contribution in [0.15, 0.2) is 65.1 Å². The Morgan fingerprint density at radius 1 is 1.17 bits per heavy atom. The van der Waals surface area contributed by atoms with E-state index in [0.29, 0.717) is 23.4 Å². The van der Waals surface area contributed by atoms with Crippen LogP contribution >= 0.6 is 0 Å². The molecule has 6 heteroatoms. The van der Waals surface area contributed by atoms with Crippen molar-refractivity contribution in [3.8, 4) is 5.75 Å². The van der Waals surface area contributed by atoms with Crippen LogP contribution in [-0.4, -0.2) is 23.8 Å². The van der Waals surface area contributed by atoms with Gasteiger partial charge in [-0.15, -0.1) is 0 Å². The quantitative estimate of drug-likeness (QED) is 0.806. The number of hydrogen-bond donors (Lipinski definition) is 2. The Balaban J connectivity index is 1.77. The fraction of sp³-hybridized carbons (Fsp3) is 0.292. The van der Waals surface area contributed by atoms with Crippen LogP contribution in [0.25, 0.3) is 0 Å². The molecule has 1 aliphatic heterocycles. The lowest BCUT2D eigenvalue weighted by Crippen LogP contribution is -2.35. The summed E-state index contributed by atoms with van der Waals surface area (Å²) >= 11 is 0. The molecule has 2 aliphatic rings. The Hall–Kier alpha value is -3.41. The predicted octanol–water partition coefficient (Wildman–Crippen LogP) is 4.01. The first-order valence-corrected chi connectivity index (χ1v) is 10.1. The average Bonchev–Trinajstić information content (AvgIpc) is 2.73. The van der Waals surface area contributed by atoms with Crippen molar-refractivity contribution in [2.24, 2.45) is 0 Å². The molecule has 0 unspecified atom stereocenters. The fourth-order valence-corrected chi connectivity index (χ4v) is 4.20. The molecule has 154 valence electrons. The van der Waals surface area contributed by atoms with Crippen molar-refractivity contribution in [3.63, 3.8) is 0 Å². The van der Waals surface area contributed by atoms with Crippen LogP contribution in [0, 0.1) is 6.92 Å². The number of aromatic nitrogens is 1. The molecule has 4 rings (SSSR count). The van der Waals surface area contributed by atoms with Crippen LogP contribution in [-0.2, 0) is 9.59 Å². The number of anilines is 1. The number of carbonyl (C=O) groups excluding carboxylic acids is 2. The number of Topliss-reactive ketones (excluding diaryl/α,β-unsaturated/α-hetero) is 1. The van der Waals surface area contributed by atoms with Crippen molar-refractivity contribution in [3.05, 3.63) is 76.3 Å². The second kappa shape index (κ2) is 8.14. The van der Waals surface area contributed by atoms with Crippen LogP contribution in [0.5, 0.6) is 5.75 Å². The summed E-state index contributed by atoms with van der Waals surface area (Å²) < 4.78 is 5.28. The summed E-state index contributed by atoms with van der Waals surface area (Å²) in [6, 6.07) is 11.3. The standard InChI is InChI=1S/C24H25N3O3/c1-14-11-12-25-20(13-14)27-24(29)21-15(2)26-18-5-4-6-19(28)23(18)22(21)16-7-9-17(30-3)10-8-16/h7-13,22,26H,4-6H2,1-3H3,(H,25,27,29)/t22-/m1/s1. The number of amides is 1. The number of aryl methyl sites for hydroxylation is 1. The minimum atomic E-state index is -0.426. The molecule has 0 saturated heterocycles. The van der Waals surface area contributed by atoms with Gasteiger partial charge in [0, 0.05) is 41.1 Å². The van der Waals surface area contributed by atoms with Crippen LogP contribution in [0.2, 0.25) is 0 Å². The Morgan fingerprint density at radius 3 is 2.63 bits per heavy atom. The number of dihydropyridines is 1. The van der Waals surface area contributed by atoms with Crippen molar-refractivity contribution >= 4 is 17.5 Å². The zero-order valence-corrected chi connectivity index (χ0v) is 17.4. The van der Waals surface area contributed by atoms with Gasteiger partial charge < -0.3 is 15.4 Å². The first kappa shape index (κ1) is 19.9. The van der Waals surface area contributed by atoms with E-state index in [-0.39, 0.29) is 11.7 Å². The molecule has 6 nitrogen and oxygen atoms in total. The molecule has 2 N–H and O–H groups in total. The molecule has 0 spiro atoms. The highest BCUT2D eigenvalue weighted by Crippen LogP contribution is 2.42. The van der Waals surface area contributed by atoms with E-state index >= 15 is 0 Å². The number of carbonyl (C=O) groups is 2. The highest BCUT2D eigenvalue weighted by molar-refractivity contribution is 6.09. The molecular formula is C24H25N3O3. The zero-order valence-electron chi connectivity index (χ0n) is 17.4. The third-order valence-electron chi connectivity index (χ3n) is 5.63. The van der Waals surface area contributed by atoms with Gasteiger partial charge in [0.2, 0.25) is 0 Å². The van der Waals surface area contributed by atoms with Gasteiger partial charge in [-0.3, -0.25) is 9.59 Å². The van der Waals surface area contributed by atoms with E-state index in [1.807, 2.05) is 50.2 Å². The third-order valence-corrected chi connectivity index (χ3v) is 5.63. The van der Waals surface area contributed by atoms with Gasteiger partial charge in [0.25, 0.3) is 5.91 Å². The number of pyridine rings is 1. The molecule has 1 aromatic carbocycles. The Kier molecular flexibility index (Phi) is 5.40. The average molecular weight is 403 g/mol. The second-order valence-corrected chi connectivity index (χ2v) is 7.71. The largest absolute Gasteiger partial charge is 0.497 e. The number of ketones is 1. The predicted molar refractivity (Wildman–Crippen MR) is 115 cm³/mol. The van der Waals surface area contributed by atoms with Crippen molar-refractivity contribution < 1.29 is 14.3 Å². The summed E-state index contributed by atoms with van der Waals surface area (Å²) in [6.45, 7) is 3.83. The van der Waals surface area contributed by atoms with Crippen molar-refractivity contribution in [2.45, 2.75) is 39.0 Å². The van der Waals surface area contributed by atoms with Gasteiger partial charge in [-0.05, 0) is 62.1 Å². The van der Waals surface area contributed by atoms with Gasteiger partial charge in [0.05, 0.1) is 7.11 Å². The fourth-order valence-electron chi connectivity index (χ4n) is 4.20. The molecule has 1 aliphatic carbocycles. The minimum absolute atomic E-state index is 0.0936. The van der Waals surface area contributed by atoms with E-state index in [2.05, 4.69) is 15.6 Å². The molecule has 1 aromatic heterocycles. The number of methoxy groups -OCH3 is 1. The van der Waals surface area contributed by atoms with Crippen molar-refractivity contribution in [2.75, 3.05) is 12.4 Å². The lowest BCUT2D eigenvalue weighted by atomic mass is 9.75. The summed E-state index contributed by atoms with van der Waals surface area (Å²) in [7, 11) is 1.61. The summed E-state index contributed by atoms with van der Waals surface area (Å²) in [6.07, 6.45) is 3.79. The lowest BCUT2D eigenvalue weighted by Gasteiger charge is -2.34. The molecule has 2 heterocycles. The minimum Gasteiger partial charge on any atom is -0.497 e. The third kappa shape index (κ3) is 3.73. The number of hydrogen-bond acceptors (Lipinski definition) is 5. The van der Waals surface area contributed by atoms with E-state index in [1.165, 1.54) is 0 Å². The van der Waals surface area contributed by atoms with E-state index in [9.17, 15) is 9.59 Å². The van der Waals surface area contributed by atoms with Gasteiger partial charge in [-0.1, -0.05) is 12.1 Å². The zero-order chi connectivity index (χ0) is 21.3. The molecule has 0 fully saturated rings. The molecular weight excluding hydrogens is 378 g/mol. The first-order valence-electron chi connectivity index (χ1n) is 10.1. The molecule has 1 atom stereocenters. The van der Waals surface area contributed by atoms with E-state index < -0.39 is 5.92 Å². The van der Waals surface area contributed by atoms with Crippen molar-refractivity contribution in [1.29, 1.82) is 0 Å². The summed E-state index contributed by atoms with van der Waals surface area (Å²) in [5, 5.41) is 6.24. The molecule has 0 radical (unpaired) electrons. The SMILES string of the molecule is COc1ccc([C@@H]2C(C(=O)Nc3cc(C)ccn3)=C(C)NC3=C2C(=O)CCC3)cc1. The van der Waals surface area contributed by atoms with Crippen molar-refractivity contribution in [1.82, 2.24) is 10.3 Å². The Labute approximate surface area is 176 Å². The van der Waals surface area contributed by atoms with E-state index in [0.717, 1.165) is 41.1 Å². The number of allylic oxidation sites excluding steroid dienone is 3. The summed E-state index contributed by atoms with van der Waals surface area (Å²) in [4.78, 5) is 30.5. The van der Waals surface area contributed by atoms with Gasteiger partial charge >= 0.3 is 0 Å². The van der Waals surface area contributed by atoms with Crippen LogP contribution in [0.3, 0.4) is 0 Å². The molecule has 0 bridgehead atoms. The molecule has 1 amide bonds. The Bertz CT molecular complexity index is 1070. The van der Waals surface area contributed by atoms with Crippen LogP contribution in [0.1, 0.15) is 43.2 Å². The number of nitrogens with zero attached hydrogens (tertiary/aromatic N) is 1. The first-order chi connectivity index (χ1) is 14.5. The summed E-state index contributed by atoms with van der Waals surface area (Å²) in [5.41, 5.74) is 4.81. The van der Waals surface area contributed by atoms with Crippen LogP contribution in [0.4, 0.5) is 5.82 Å². The highest BCUT2D eigenvalue weighted by atomic mass is 16.5. The smallest absolute Gasteiger partial charge is 0.255 e. The van der Waals surface area contributed by atoms with Gasteiger partial charge in [0.15, 0.2) is 5.78 Å². The van der Waals surface area contributed by atoms with Gasteiger partial charge in [0.1, 0.15) is 11.6 Å². The lowest BCUT2D eigenvalue weighted by molar-refractivity contribution is -0.116. The summed E-state index contributed by atoms with van der Waals surface area (Å²) in [5.74, 6) is 0.626. The maximum atomic E-state index is 13.4. The number of benzene rings is 1. The molecule has 2 aromatic rings. The topological polar surface area (TPSA) is 80.3 Å². The number of nitrogens with one attached hydrogen (secondary N) is 2. The van der Waals surface area contributed by atoms with Gasteiger partial charge in [-0.25, -0.2) is 4.98 Å². The maximum absolute atomic E-state index is 13.4. The second-order valence-electron chi connectivity index (χ2n) is 7.71.